The predicted octanol–water partition coefficient (Wildman–Crippen LogP) is 4.07. The molecule has 3 aliphatic carbocycles. The zero-order chi connectivity index (χ0) is 14.4. The molecule has 3 aliphatic rings. The maximum Gasteiger partial charge on any atom is 0.126 e. The molecule has 0 aliphatic heterocycles. The molecule has 3 fully saturated rings. The lowest BCUT2D eigenvalue weighted by Gasteiger charge is -2.38. The fraction of sp³-hybridized carbons (Fsp3) is 0.667. The molecule has 0 amide bonds. The van der Waals surface area contributed by atoms with Gasteiger partial charge in [-0.2, -0.15) is 0 Å². The summed E-state index contributed by atoms with van der Waals surface area (Å²) < 4.78 is 27.0. The summed E-state index contributed by atoms with van der Waals surface area (Å²) in [6.07, 6.45) is 8.61. The van der Waals surface area contributed by atoms with Gasteiger partial charge < -0.3 is 5.32 Å². The fourth-order valence-corrected chi connectivity index (χ4v) is 4.81. The van der Waals surface area contributed by atoms with Crippen molar-refractivity contribution in [1.82, 2.24) is 5.32 Å². The average molecular weight is 291 g/mol. The Balaban J connectivity index is 1.56. The van der Waals surface area contributed by atoms with E-state index in [1.54, 1.807) is 0 Å². The second-order valence-corrected chi connectivity index (χ2v) is 7.55. The first-order chi connectivity index (χ1) is 10.1. The van der Waals surface area contributed by atoms with Crippen LogP contribution in [0.15, 0.2) is 18.2 Å². The van der Waals surface area contributed by atoms with Crippen molar-refractivity contribution in [1.29, 1.82) is 0 Å². The fourth-order valence-electron chi connectivity index (χ4n) is 4.81. The molecule has 3 atom stereocenters. The van der Waals surface area contributed by atoms with Crippen LogP contribution in [0.5, 0.6) is 0 Å². The summed E-state index contributed by atoms with van der Waals surface area (Å²) in [7, 11) is 0. The summed E-state index contributed by atoms with van der Waals surface area (Å²) in [6.45, 7) is 1.02. The van der Waals surface area contributed by atoms with E-state index >= 15 is 0 Å². The number of fused-ring (bicyclic) bond motifs is 2. The third-order valence-electron chi connectivity index (χ3n) is 5.90. The highest BCUT2D eigenvalue weighted by molar-refractivity contribution is 5.21. The van der Waals surface area contributed by atoms with Crippen molar-refractivity contribution in [3.8, 4) is 0 Å². The normalized spacial score (nSPS) is 34.6. The number of benzene rings is 1. The standard InChI is InChI=1S/C18H23F2N/c19-15-6-13(7-16(20)8-15)10-18(11-21-17-3-4-17)9-12-1-2-14(18)5-12/h6-8,12,14,17,21H,1-5,9-11H2. The maximum absolute atomic E-state index is 13.5. The molecule has 2 bridgehead atoms. The molecule has 0 saturated heterocycles. The van der Waals surface area contributed by atoms with Crippen LogP contribution in [0.3, 0.4) is 0 Å². The van der Waals surface area contributed by atoms with Gasteiger partial charge in [-0.15, -0.1) is 0 Å². The van der Waals surface area contributed by atoms with Gasteiger partial charge in [0.25, 0.3) is 0 Å². The highest BCUT2D eigenvalue weighted by atomic mass is 19.1. The quantitative estimate of drug-likeness (QED) is 0.862. The lowest BCUT2D eigenvalue weighted by Crippen LogP contribution is -2.41. The summed E-state index contributed by atoms with van der Waals surface area (Å²) in [4.78, 5) is 0. The smallest absolute Gasteiger partial charge is 0.126 e. The number of halogens is 2. The summed E-state index contributed by atoms with van der Waals surface area (Å²) in [5, 5.41) is 3.69. The van der Waals surface area contributed by atoms with Gasteiger partial charge in [0.2, 0.25) is 0 Å². The molecule has 3 saturated carbocycles. The molecule has 0 aromatic heterocycles. The zero-order valence-corrected chi connectivity index (χ0v) is 12.4. The van der Waals surface area contributed by atoms with Gasteiger partial charge in [-0.3, -0.25) is 0 Å². The van der Waals surface area contributed by atoms with E-state index in [-0.39, 0.29) is 5.41 Å². The van der Waals surface area contributed by atoms with E-state index in [4.69, 9.17) is 0 Å². The molecular formula is C18H23F2N. The Morgan fingerprint density at radius 3 is 2.38 bits per heavy atom. The molecule has 0 radical (unpaired) electrons. The second kappa shape index (κ2) is 5.05. The third kappa shape index (κ3) is 2.73. The summed E-state index contributed by atoms with van der Waals surface area (Å²) >= 11 is 0. The van der Waals surface area contributed by atoms with Crippen LogP contribution in [0.1, 0.15) is 44.1 Å². The molecule has 3 heteroatoms. The van der Waals surface area contributed by atoms with Crippen LogP contribution in [-0.2, 0) is 6.42 Å². The van der Waals surface area contributed by atoms with Crippen LogP contribution in [0.2, 0.25) is 0 Å². The van der Waals surface area contributed by atoms with Crippen LogP contribution in [-0.4, -0.2) is 12.6 Å². The van der Waals surface area contributed by atoms with E-state index in [9.17, 15) is 8.78 Å². The predicted molar refractivity (Wildman–Crippen MR) is 79.0 cm³/mol. The van der Waals surface area contributed by atoms with Gasteiger partial charge in [0, 0.05) is 18.7 Å². The Hall–Kier alpha value is -0.960. The summed E-state index contributed by atoms with van der Waals surface area (Å²) in [6, 6.07) is 4.71. The molecule has 3 unspecified atom stereocenters. The van der Waals surface area contributed by atoms with Gasteiger partial charge in [-0.25, -0.2) is 8.78 Å². The molecule has 0 heterocycles. The van der Waals surface area contributed by atoms with Gasteiger partial charge in [0.15, 0.2) is 0 Å². The minimum Gasteiger partial charge on any atom is -0.313 e. The van der Waals surface area contributed by atoms with Gasteiger partial charge in [0.1, 0.15) is 11.6 Å². The van der Waals surface area contributed by atoms with Gasteiger partial charge >= 0.3 is 0 Å². The third-order valence-corrected chi connectivity index (χ3v) is 5.90. The van der Waals surface area contributed by atoms with Crippen molar-refractivity contribution in [3.63, 3.8) is 0 Å². The first-order valence-electron chi connectivity index (χ1n) is 8.31. The molecule has 114 valence electrons. The van der Waals surface area contributed by atoms with E-state index in [2.05, 4.69) is 5.32 Å². The largest absolute Gasteiger partial charge is 0.313 e. The van der Waals surface area contributed by atoms with E-state index in [0.29, 0.717) is 6.04 Å². The topological polar surface area (TPSA) is 12.0 Å². The minimum absolute atomic E-state index is 0.228. The molecule has 1 aromatic carbocycles. The first kappa shape index (κ1) is 13.7. The van der Waals surface area contributed by atoms with Crippen molar-refractivity contribution < 1.29 is 8.78 Å². The van der Waals surface area contributed by atoms with Crippen molar-refractivity contribution in [2.75, 3.05) is 6.54 Å². The highest BCUT2D eigenvalue weighted by Gasteiger charge is 2.50. The van der Waals surface area contributed by atoms with Crippen molar-refractivity contribution in [2.24, 2.45) is 17.3 Å². The SMILES string of the molecule is Fc1cc(F)cc(CC2(CNC3CC3)CC3CCC2C3)c1. The minimum atomic E-state index is -0.446. The number of rotatable bonds is 5. The monoisotopic (exact) mass is 291 g/mol. The number of nitrogens with one attached hydrogen (secondary N) is 1. The van der Waals surface area contributed by atoms with Crippen LogP contribution in [0, 0.1) is 28.9 Å². The number of hydrogen-bond donors (Lipinski definition) is 1. The lowest BCUT2D eigenvalue weighted by molar-refractivity contribution is 0.155. The Kier molecular flexibility index (Phi) is 3.29. The van der Waals surface area contributed by atoms with Crippen molar-refractivity contribution >= 4 is 0 Å². The zero-order valence-electron chi connectivity index (χ0n) is 12.4. The summed E-state index contributed by atoms with van der Waals surface area (Å²) in [5.74, 6) is 0.686. The Labute approximate surface area is 125 Å². The number of hydrogen-bond acceptors (Lipinski definition) is 1. The van der Waals surface area contributed by atoms with Gasteiger partial charge in [0.05, 0.1) is 0 Å². The van der Waals surface area contributed by atoms with E-state index in [1.807, 2.05) is 0 Å². The summed E-state index contributed by atoms with van der Waals surface area (Å²) in [5.41, 5.74) is 1.06. The van der Waals surface area contributed by atoms with Crippen LogP contribution < -0.4 is 5.32 Å². The molecule has 1 nitrogen and oxygen atoms in total. The van der Waals surface area contributed by atoms with Gasteiger partial charge in [-0.05, 0) is 73.5 Å². The van der Waals surface area contributed by atoms with Crippen LogP contribution in [0.25, 0.3) is 0 Å². The van der Waals surface area contributed by atoms with Crippen LogP contribution in [0.4, 0.5) is 8.78 Å². The molecule has 1 aromatic rings. The average Bonchev–Trinajstić information content (AvgIpc) is 3.05. The molecule has 0 spiro atoms. The van der Waals surface area contributed by atoms with E-state index in [1.165, 1.54) is 50.7 Å². The van der Waals surface area contributed by atoms with Crippen molar-refractivity contribution in [2.45, 2.75) is 51.0 Å². The van der Waals surface area contributed by atoms with Crippen LogP contribution >= 0.6 is 0 Å². The first-order valence-corrected chi connectivity index (χ1v) is 8.31. The maximum atomic E-state index is 13.5. The van der Waals surface area contributed by atoms with Gasteiger partial charge in [-0.1, -0.05) is 6.42 Å². The van der Waals surface area contributed by atoms with Crippen molar-refractivity contribution in [3.05, 3.63) is 35.4 Å². The molecule has 1 N–H and O–H groups in total. The Bertz CT molecular complexity index is 520. The Morgan fingerprint density at radius 2 is 1.81 bits per heavy atom. The second-order valence-electron chi connectivity index (χ2n) is 7.55. The highest BCUT2D eigenvalue weighted by Crippen LogP contribution is 2.57. The molecule has 4 rings (SSSR count). The molecular weight excluding hydrogens is 268 g/mol. The van der Waals surface area contributed by atoms with E-state index < -0.39 is 11.6 Å². The Morgan fingerprint density at radius 1 is 1.05 bits per heavy atom. The molecule has 21 heavy (non-hydrogen) atoms. The van der Waals surface area contributed by atoms with E-state index in [0.717, 1.165) is 36.4 Å². The lowest BCUT2D eigenvalue weighted by atomic mass is 9.69.